The predicted molar refractivity (Wildman–Crippen MR) is 73.1 cm³/mol. The molecule has 0 aliphatic carbocycles. The van der Waals surface area contributed by atoms with Crippen LogP contribution in [0.25, 0.3) is 0 Å². The molecule has 5 nitrogen and oxygen atoms in total. The molecule has 1 N–H and O–H groups in total. The summed E-state index contributed by atoms with van der Waals surface area (Å²) in [4.78, 5) is 0. The van der Waals surface area contributed by atoms with Gasteiger partial charge in [0, 0.05) is 25.4 Å². The van der Waals surface area contributed by atoms with Crippen LogP contribution in [0.4, 0.5) is 11.5 Å². The van der Waals surface area contributed by atoms with Crippen molar-refractivity contribution < 1.29 is 4.74 Å². The van der Waals surface area contributed by atoms with E-state index in [-0.39, 0.29) is 0 Å². The van der Waals surface area contributed by atoms with E-state index in [9.17, 15) is 5.26 Å². The monoisotopic (exact) mass is 256 g/mol. The zero-order valence-electron chi connectivity index (χ0n) is 11.3. The lowest BCUT2D eigenvalue weighted by molar-refractivity contribution is 0.185. The summed E-state index contributed by atoms with van der Waals surface area (Å²) in [5.41, 5.74) is 3.24. The second-order valence-corrected chi connectivity index (χ2v) is 4.26. The van der Waals surface area contributed by atoms with Crippen LogP contribution in [-0.4, -0.2) is 16.9 Å². The van der Waals surface area contributed by atoms with Gasteiger partial charge in [-0.25, -0.2) is 0 Å². The van der Waals surface area contributed by atoms with E-state index in [1.165, 1.54) is 0 Å². The Hall–Kier alpha value is -2.32. The van der Waals surface area contributed by atoms with Crippen LogP contribution >= 0.6 is 0 Å². The van der Waals surface area contributed by atoms with Crippen molar-refractivity contribution in [3.05, 3.63) is 41.1 Å². The Bertz CT molecular complexity index is 625. The normalized spacial score (nSPS) is 10.2. The maximum absolute atomic E-state index is 9.20. The van der Waals surface area contributed by atoms with Crippen molar-refractivity contribution in [2.75, 3.05) is 12.4 Å². The van der Waals surface area contributed by atoms with E-state index in [1.807, 2.05) is 38.2 Å². The Morgan fingerprint density at radius 1 is 1.42 bits per heavy atom. The number of nitrogens with zero attached hydrogens (tertiary/aromatic N) is 3. The van der Waals surface area contributed by atoms with Crippen molar-refractivity contribution in [2.45, 2.75) is 13.5 Å². The highest BCUT2D eigenvalue weighted by Gasteiger charge is 2.14. The Labute approximate surface area is 112 Å². The van der Waals surface area contributed by atoms with Crippen LogP contribution in [0, 0.1) is 18.3 Å². The quantitative estimate of drug-likeness (QED) is 0.912. The van der Waals surface area contributed by atoms with Crippen LogP contribution in [0.3, 0.4) is 0 Å². The van der Waals surface area contributed by atoms with E-state index in [2.05, 4.69) is 16.5 Å². The molecular weight excluding hydrogens is 240 g/mol. The van der Waals surface area contributed by atoms with Crippen molar-refractivity contribution in [3.8, 4) is 6.07 Å². The number of para-hydroxylation sites is 1. The van der Waals surface area contributed by atoms with Crippen LogP contribution in [-0.2, 0) is 18.4 Å². The van der Waals surface area contributed by atoms with Crippen LogP contribution in [0.15, 0.2) is 24.3 Å². The molecule has 0 aliphatic heterocycles. The standard InChI is InChI=1S/C14H16N4O/c1-10-12(8-15)14(18(2)17-10)16-13-7-5-4-6-11(13)9-19-3/h4-7,16H,9H2,1-3H3. The highest BCUT2D eigenvalue weighted by atomic mass is 16.5. The fourth-order valence-electron chi connectivity index (χ4n) is 1.99. The molecule has 1 heterocycles. The molecule has 0 saturated carbocycles. The molecule has 0 saturated heterocycles. The zero-order valence-corrected chi connectivity index (χ0v) is 11.3. The first-order valence-electron chi connectivity index (χ1n) is 5.95. The molecule has 0 spiro atoms. The summed E-state index contributed by atoms with van der Waals surface area (Å²) in [6.45, 7) is 2.34. The minimum Gasteiger partial charge on any atom is -0.380 e. The number of hydrogen-bond acceptors (Lipinski definition) is 4. The molecule has 2 aromatic rings. The number of rotatable bonds is 4. The molecule has 1 aromatic carbocycles. The first-order valence-corrected chi connectivity index (χ1v) is 5.95. The van der Waals surface area contributed by atoms with Gasteiger partial charge in [0.2, 0.25) is 0 Å². The maximum Gasteiger partial charge on any atom is 0.146 e. The number of benzene rings is 1. The average molecular weight is 256 g/mol. The Morgan fingerprint density at radius 3 is 2.84 bits per heavy atom. The van der Waals surface area contributed by atoms with E-state index >= 15 is 0 Å². The number of aromatic nitrogens is 2. The summed E-state index contributed by atoms with van der Waals surface area (Å²) in [5, 5.41) is 16.7. The molecule has 0 atom stereocenters. The molecule has 19 heavy (non-hydrogen) atoms. The Balaban J connectivity index is 2.39. The third-order valence-electron chi connectivity index (χ3n) is 2.90. The maximum atomic E-state index is 9.20. The van der Waals surface area contributed by atoms with Crippen LogP contribution in [0.2, 0.25) is 0 Å². The van der Waals surface area contributed by atoms with Gasteiger partial charge in [0.1, 0.15) is 17.5 Å². The van der Waals surface area contributed by atoms with E-state index in [0.717, 1.165) is 16.9 Å². The number of methoxy groups -OCH3 is 1. The number of hydrogen-bond donors (Lipinski definition) is 1. The van der Waals surface area contributed by atoms with Gasteiger partial charge in [-0.3, -0.25) is 4.68 Å². The summed E-state index contributed by atoms with van der Waals surface area (Å²) in [5.74, 6) is 0.698. The van der Waals surface area contributed by atoms with Crippen LogP contribution in [0.5, 0.6) is 0 Å². The largest absolute Gasteiger partial charge is 0.380 e. The number of nitriles is 1. The van der Waals surface area contributed by atoms with E-state index in [1.54, 1.807) is 11.8 Å². The van der Waals surface area contributed by atoms with Gasteiger partial charge >= 0.3 is 0 Å². The van der Waals surface area contributed by atoms with Crippen molar-refractivity contribution in [1.29, 1.82) is 5.26 Å². The molecule has 0 unspecified atom stereocenters. The topological polar surface area (TPSA) is 62.9 Å². The summed E-state index contributed by atoms with van der Waals surface area (Å²) < 4.78 is 6.85. The Kier molecular flexibility index (Phi) is 3.83. The molecule has 0 amide bonds. The predicted octanol–water partition coefficient (Wildman–Crippen LogP) is 2.49. The summed E-state index contributed by atoms with van der Waals surface area (Å²) >= 11 is 0. The average Bonchev–Trinajstić information content (AvgIpc) is 2.66. The van der Waals surface area contributed by atoms with Gasteiger partial charge in [-0.15, -0.1) is 0 Å². The minimum atomic E-state index is 0.516. The minimum absolute atomic E-state index is 0.516. The fraction of sp³-hybridized carbons (Fsp3) is 0.286. The third-order valence-corrected chi connectivity index (χ3v) is 2.90. The first-order chi connectivity index (χ1) is 9.17. The van der Waals surface area contributed by atoms with Gasteiger partial charge in [0.05, 0.1) is 12.3 Å². The summed E-state index contributed by atoms with van der Waals surface area (Å²) in [6, 6.07) is 10.0. The molecule has 1 aromatic heterocycles. The number of aryl methyl sites for hydroxylation is 2. The molecule has 0 fully saturated rings. The van der Waals surface area contributed by atoms with E-state index in [0.29, 0.717) is 18.0 Å². The highest BCUT2D eigenvalue weighted by Crippen LogP contribution is 2.25. The third kappa shape index (κ3) is 2.59. The summed E-state index contributed by atoms with van der Waals surface area (Å²) in [7, 11) is 3.47. The number of ether oxygens (including phenoxy) is 1. The van der Waals surface area contributed by atoms with E-state index in [4.69, 9.17) is 4.74 Å². The number of anilines is 2. The highest BCUT2D eigenvalue weighted by molar-refractivity contribution is 5.66. The molecule has 5 heteroatoms. The molecule has 0 radical (unpaired) electrons. The molecular formula is C14H16N4O. The Morgan fingerprint density at radius 2 is 2.16 bits per heavy atom. The second kappa shape index (κ2) is 5.55. The van der Waals surface area contributed by atoms with Crippen molar-refractivity contribution in [1.82, 2.24) is 9.78 Å². The van der Waals surface area contributed by atoms with Crippen molar-refractivity contribution >= 4 is 11.5 Å². The lowest BCUT2D eigenvalue weighted by atomic mass is 10.2. The molecule has 0 aliphatic rings. The lowest BCUT2D eigenvalue weighted by Crippen LogP contribution is -2.03. The smallest absolute Gasteiger partial charge is 0.146 e. The molecule has 98 valence electrons. The van der Waals surface area contributed by atoms with Gasteiger partial charge in [0.25, 0.3) is 0 Å². The van der Waals surface area contributed by atoms with Gasteiger partial charge in [-0.1, -0.05) is 18.2 Å². The summed E-state index contributed by atoms with van der Waals surface area (Å²) in [6.07, 6.45) is 0. The van der Waals surface area contributed by atoms with Crippen LogP contribution < -0.4 is 5.32 Å². The van der Waals surface area contributed by atoms with Crippen molar-refractivity contribution in [3.63, 3.8) is 0 Å². The van der Waals surface area contributed by atoms with Crippen molar-refractivity contribution in [2.24, 2.45) is 7.05 Å². The second-order valence-electron chi connectivity index (χ2n) is 4.26. The zero-order chi connectivity index (χ0) is 13.8. The fourth-order valence-corrected chi connectivity index (χ4v) is 1.99. The van der Waals surface area contributed by atoms with Gasteiger partial charge < -0.3 is 10.1 Å². The van der Waals surface area contributed by atoms with Gasteiger partial charge in [-0.2, -0.15) is 10.4 Å². The molecule has 0 bridgehead atoms. The number of nitrogens with one attached hydrogen (secondary N) is 1. The van der Waals surface area contributed by atoms with E-state index < -0.39 is 0 Å². The van der Waals surface area contributed by atoms with Gasteiger partial charge in [0.15, 0.2) is 0 Å². The SMILES string of the molecule is COCc1ccccc1Nc1c(C#N)c(C)nn1C. The van der Waals surface area contributed by atoms with Gasteiger partial charge in [-0.05, 0) is 13.0 Å². The lowest BCUT2D eigenvalue weighted by Gasteiger charge is -2.11. The molecule has 2 rings (SSSR count). The van der Waals surface area contributed by atoms with Crippen LogP contribution in [0.1, 0.15) is 16.8 Å². The first kappa shape index (κ1) is 13.1.